The lowest BCUT2D eigenvalue weighted by atomic mass is 9.85. The van der Waals surface area contributed by atoms with Gasteiger partial charge in [0, 0.05) is 19.0 Å². The number of hydrogen-bond donors (Lipinski definition) is 2. The van der Waals surface area contributed by atoms with Gasteiger partial charge in [-0.05, 0) is 30.4 Å². The number of halogens is 1. The quantitative estimate of drug-likeness (QED) is 0.837. The summed E-state index contributed by atoms with van der Waals surface area (Å²) in [6.07, 6.45) is 1.28. The van der Waals surface area contributed by atoms with Crippen LogP contribution in [0, 0.1) is 11.3 Å². The van der Waals surface area contributed by atoms with Gasteiger partial charge in [0.2, 0.25) is 11.8 Å². The largest absolute Gasteiger partial charge is 0.495 e. The van der Waals surface area contributed by atoms with Gasteiger partial charge < -0.3 is 20.7 Å². The fourth-order valence-electron chi connectivity index (χ4n) is 2.91. The Labute approximate surface area is 161 Å². The van der Waals surface area contributed by atoms with E-state index in [1.54, 1.807) is 12.0 Å². The molecule has 0 spiro atoms. The molecule has 0 radical (unpaired) electrons. The molecule has 146 valence electrons. The highest BCUT2D eigenvalue weighted by Crippen LogP contribution is 2.27. The highest BCUT2D eigenvalue weighted by molar-refractivity contribution is 5.94. The van der Waals surface area contributed by atoms with Gasteiger partial charge in [0.15, 0.2) is 0 Å². The second kappa shape index (κ2) is 9.24. The van der Waals surface area contributed by atoms with Crippen molar-refractivity contribution in [3.8, 4) is 5.75 Å². The molecule has 2 rings (SSSR count). The fourth-order valence-corrected chi connectivity index (χ4v) is 2.91. The molecule has 7 heteroatoms. The number of carbonyl (C=O) groups excluding carboxylic acids is 2. The van der Waals surface area contributed by atoms with Crippen LogP contribution in [0.5, 0.6) is 5.75 Å². The van der Waals surface area contributed by atoms with Crippen LogP contribution in [-0.4, -0.2) is 43.0 Å². The maximum absolute atomic E-state index is 12.5. The molecule has 1 aliphatic heterocycles. The Morgan fingerprint density at radius 2 is 1.81 bits per heavy atom. The minimum Gasteiger partial charge on any atom is -0.495 e. The monoisotopic (exact) mass is 383 g/mol. The molecule has 1 heterocycles. The van der Waals surface area contributed by atoms with Gasteiger partial charge in [-0.15, -0.1) is 12.4 Å². The summed E-state index contributed by atoms with van der Waals surface area (Å²) >= 11 is 0. The first kappa shape index (κ1) is 22.3. The first-order valence-electron chi connectivity index (χ1n) is 8.72. The van der Waals surface area contributed by atoms with Crippen molar-refractivity contribution in [2.45, 2.75) is 39.7 Å². The SMILES string of the molecule is COc1ccccc1NC(=O)C1CCN(C(=O)[C@@H](N)C(C)(C)C)CC1.Cl. The third kappa shape index (κ3) is 5.35. The van der Waals surface area contributed by atoms with Crippen LogP contribution in [-0.2, 0) is 9.59 Å². The Kier molecular flexibility index (Phi) is 7.90. The van der Waals surface area contributed by atoms with E-state index in [9.17, 15) is 9.59 Å². The molecular formula is C19H30ClN3O3. The summed E-state index contributed by atoms with van der Waals surface area (Å²) in [4.78, 5) is 26.8. The van der Waals surface area contributed by atoms with Crippen LogP contribution in [0.3, 0.4) is 0 Å². The molecule has 0 bridgehead atoms. The number of para-hydroxylation sites is 2. The lowest BCUT2D eigenvalue weighted by Crippen LogP contribution is -2.53. The number of hydrogen-bond acceptors (Lipinski definition) is 4. The molecule has 1 aromatic rings. The maximum Gasteiger partial charge on any atom is 0.240 e. The number of likely N-dealkylation sites (tertiary alicyclic amines) is 1. The van der Waals surface area contributed by atoms with Crippen LogP contribution in [0.1, 0.15) is 33.6 Å². The van der Waals surface area contributed by atoms with E-state index < -0.39 is 6.04 Å². The van der Waals surface area contributed by atoms with Crippen molar-refractivity contribution in [2.75, 3.05) is 25.5 Å². The molecule has 2 amide bonds. The minimum absolute atomic E-state index is 0. The average Bonchev–Trinajstić information content (AvgIpc) is 2.60. The first-order valence-corrected chi connectivity index (χ1v) is 8.72. The number of piperidine rings is 1. The van der Waals surface area contributed by atoms with Gasteiger partial charge in [0.1, 0.15) is 5.75 Å². The Morgan fingerprint density at radius 1 is 1.23 bits per heavy atom. The molecule has 3 N–H and O–H groups in total. The molecule has 1 saturated heterocycles. The van der Waals surface area contributed by atoms with Crippen molar-refractivity contribution in [3.63, 3.8) is 0 Å². The first-order chi connectivity index (χ1) is 11.7. The predicted octanol–water partition coefficient (Wildman–Crippen LogP) is 2.67. The number of nitrogens with zero attached hydrogens (tertiary/aromatic N) is 1. The zero-order valence-corrected chi connectivity index (χ0v) is 16.8. The molecule has 0 aromatic heterocycles. The van der Waals surface area contributed by atoms with E-state index in [2.05, 4.69) is 5.32 Å². The second-order valence-electron chi connectivity index (χ2n) is 7.63. The fraction of sp³-hybridized carbons (Fsp3) is 0.579. The van der Waals surface area contributed by atoms with Gasteiger partial charge in [-0.25, -0.2) is 0 Å². The van der Waals surface area contributed by atoms with E-state index in [0.717, 1.165) is 0 Å². The number of nitrogens with two attached hydrogens (primary N) is 1. The van der Waals surface area contributed by atoms with Gasteiger partial charge in [-0.2, -0.15) is 0 Å². The smallest absolute Gasteiger partial charge is 0.240 e. The number of rotatable bonds is 4. The minimum atomic E-state index is -0.522. The summed E-state index contributed by atoms with van der Waals surface area (Å²) in [5.74, 6) is 0.465. The van der Waals surface area contributed by atoms with Gasteiger partial charge in [-0.3, -0.25) is 9.59 Å². The zero-order valence-electron chi connectivity index (χ0n) is 16.0. The van der Waals surface area contributed by atoms with E-state index in [0.29, 0.717) is 37.4 Å². The normalized spacial score (nSPS) is 16.4. The van der Waals surface area contributed by atoms with Crippen molar-refractivity contribution < 1.29 is 14.3 Å². The van der Waals surface area contributed by atoms with Crippen LogP contribution >= 0.6 is 12.4 Å². The second-order valence-corrected chi connectivity index (χ2v) is 7.63. The summed E-state index contributed by atoms with van der Waals surface area (Å²) in [6, 6.07) is 6.82. The number of ether oxygens (including phenoxy) is 1. The van der Waals surface area contributed by atoms with E-state index in [1.165, 1.54) is 0 Å². The van der Waals surface area contributed by atoms with Crippen LogP contribution < -0.4 is 15.8 Å². The predicted molar refractivity (Wildman–Crippen MR) is 106 cm³/mol. The van der Waals surface area contributed by atoms with Crippen LogP contribution in [0.25, 0.3) is 0 Å². The topological polar surface area (TPSA) is 84.7 Å². The summed E-state index contributed by atoms with van der Waals surface area (Å²) < 4.78 is 5.26. The summed E-state index contributed by atoms with van der Waals surface area (Å²) in [6.45, 7) is 7.01. The lowest BCUT2D eigenvalue weighted by molar-refractivity contribution is -0.137. The number of benzene rings is 1. The van der Waals surface area contributed by atoms with Crippen LogP contribution in [0.4, 0.5) is 5.69 Å². The summed E-state index contributed by atoms with van der Waals surface area (Å²) in [5, 5.41) is 2.93. The highest BCUT2D eigenvalue weighted by Gasteiger charge is 2.34. The molecule has 0 aliphatic carbocycles. The van der Waals surface area contributed by atoms with Gasteiger partial charge in [0.25, 0.3) is 0 Å². The number of nitrogens with one attached hydrogen (secondary N) is 1. The standard InChI is InChI=1S/C19H29N3O3.ClH/c1-19(2,3)16(20)18(24)22-11-9-13(10-12-22)17(23)21-14-7-5-6-8-15(14)25-4;/h5-8,13,16H,9-12,20H2,1-4H3,(H,21,23);1H/t16-;/m1./s1. The Hall–Kier alpha value is -1.79. The molecular weight excluding hydrogens is 354 g/mol. The molecule has 0 unspecified atom stereocenters. The lowest BCUT2D eigenvalue weighted by Gasteiger charge is -2.36. The molecule has 0 saturated carbocycles. The van der Waals surface area contributed by atoms with Crippen molar-refractivity contribution in [1.82, 2.24) is 4.90 Å². The van der Waals surface area contributed by atoms with Gasteiger partial charge in [-0.1, -0.05) is 32.9 Å². The number of amides is 2. The molecule has 1 atom stereocenters. The number of carbonyl (C=O) groups is 2. The Balaban J connectivity index is 0.00000338. The molecule has 1 aromatic carbocycles. The van der Waals surface area contributed by atoms with Crippen molar-refractivity contribution >= 4 is 29.9 Å². The maximum atomic E-state index is 12.5. The Bertz CT molecular complexity index is 623. The summed E-state index contributed by atoms with van der Waals surface area (Å²) in [5.41, 5.74) is 6.47. The van der Waals surface area contributed by atoms with Crippen molar-refractivity contribution in [2.24, 2.45) is 17.1 Å². The zero-order chi connectivity index (χ0) is 18.6. The van der Waals surface area contributed by atoms with E-state index in [1.807, 2.05) is 45.0 Å². The van der Waals surface area contributed by atoms with Crippen molar-refractivity contribution in [1.29, 1.82) is 0 Å². The summed E-state index contributed by atoms with van der Waals surface area (Å²) in [7, 11) is 1.58. The molecule has 26 heavy (non-hydrogen) atoms. The highest BCUT2D eigenvalue weighted by atomic mass is 35.5. The van der Waals surface area contributed by atoms with Gasteiger partial charge >= 0.3 is 0 Å². The number of anilines is 1. The molecule has 6 nitrogen and oxygen atoms in total. The van der Waals surface area contributed by atoms with Crippen LogP contribution in [0.2, 0.25) is 0 Å². The van der Waals surface area contributed by atoms with E-state index in [-0.39, 0.29) is 35.6 Å². The third-order valence-electron chi connectivity index (χ3n) is 4.74. The molecule has 1 fully saturated rings. The van der Waals surface area contributed by atoms with E-state index >= 15 is 0 Å². The average molecular weight is 384 g/mol. The third-order valence-corrected chi connectivity index (χ3v) is 4.74. The van der Waals surface area contributed by atoms with E-state index in [4.69, 9.17) is 10.5 Å². The number of methoxy groups -OCH3 is 1. The van der Waals surface area contributed by atoms with Crippen LogP contribution in [0.15, 0.2) is 24.3 Å². The molecule has 1 aliphatic rings. The Morgan fingerprint density at radius 3 is 2.35 bits per heavy atom. The van der Waals surface area contributed by atoms with Gasteiger partial charge in [0.05, 0.1) is 18.8 Å². The van der Waals surface area contributed by atoms with Crippen molar-refractivity contribution in [3.05, 3.63) is 24.3 Å².